The smallest absolute Gasteiger partial charge is 0.251 e. The van der Waals surface area contributed by atoms with Crippen molar-refractivity contribution in [2.45, 2.75) is 13.3 Å². The molecule has 2 aromatic carbocycles. The number of carbonyl (C=O) groups excluding carboxylic acids is 1. The molecule has 0 radical (unpaired) electrons. The molecular formula is C21H22N2O3. The number of methoxy groups -OCH3 is 1. The van der Waals surface area contributed by atoms with E-state index in [0.717, 1.165) is 17.0 Å². The first-order chi connectivity index (χ1) is 12.7. The lowest BCUT2D eigenvalue weighted by atomic mass is 10.2. The van der Waals surface area contributed by atoms with Gasteiger partial charge in [-0.2, -0.15) is 5.26 Å². The van der Waals surface area contributed by atoms with Gasteiger partial charge >= 0.3 is 0 Å². The molecular weight excluding hydrogens is 328 g/mol. The Kier molecular flexibility index (Phi) is 7.26. The van der Waals surface area contributed by atoms with Crippen LogP contribution in [-0.4, -0.2) is 26.2 Å². The van der Waals surface area contributed by atoms with Gasteiger partial charge < -0.3 is 14.4 Å². The Hall–Kier alpha value is -3.26. The van der Waals surface area contributed by atoms with Crippen molar-refractivity contribution >= 4 is 17.7 Å². The number of hydrogen-bond acceptors (Lipinski definition) is 4. The molecule has 2 rings (SSSR count). The van der Waals surface area contributed by atoms with Gasteiger partial charge in [-0.15, -0.1) is 0 Å². The summed E-state index contributed by atoms with van der Waals surface area (Å²) in [5, 5.41) is 8.89. The van der Waals surface area contributed by atoms with Gasteiger partial charge in [-0.25, -0.2) is 0 Å². The number of amides is 1. The van der Waals surface area contributed by atoms with E-state index in [0.29, 0.717) is 18.9 Å². The quantitative estimate of drug-likeness (QED) is 0.674. The molecule has 0 spiro atoms. The summed E-state index contributed by atoms with van der Waals surface area (Å²) in [5.41, 5.74) is 1.54. The third-order valence-electron chi connectivity index (χ3n) is 3.72. The fourth-order valence-electron chi connectivity index (χ4n) is 2.47. The van der Waals surface area contributed by atoms with Crippen LogP contribution in [0.25, 0.3) is 6.08 Å². The van der Waals surface area contributed by atoms with Crippen LogP contribution in [0, 0.1) is 11.3 Å². The van der Waals surface area contributed by atoms with Crippen molar-refractivity contribution in [1.29, 1.82) is 5.26 Å². The van der Waals surface area contributed by atoms with Crippen molar-refractivity contribution in [2.75, 3.05) is 25.2 Å². The summed E-state index contributed by atoms with van der Waals surface area (Å²) in [4.78, 5) is 14.3. The van der Waals surface area contributed by atoms with E-state index in [9.17, 15) is 4.79 Å². The summed E-state index contributed by atoms with van der Waals surface area (Å²) in [6.45, 7) is 2.82. The first-order valence-corrected chi connectivity index (χ1v) is 8.42. The molecule has 0 aliphatic rings. The molecule has 5 heteroatoms. The summed E-state index contributed by atoms with van der Waals surface area (Å²) in [7, 11) is 1.59. The third kappa shape index (κ3) is 5.12. The van der Waals surface area contributed by atoms with E-state index in [1.165, 1.54) is 6.08 Å². The van der Waals surface area contributed by atoms with Crippen molar-refractivity contribution in [3.63, 3.8) is 0 Å². The molecule has 0 aliphatic heterocycles. The molecule has 0 bridgehead atoms. The molecule has 1 amide bonds. The number of hydrogen-bond donors (Lipinski definition) is 0. The molecule has 0 unspecified atom stereocenters. The van der Waals surface area contributed by atoms with Crippen LogP contribution in [0.15, 0.2) is 54.6 Å². The molecule has 5 nitrogen and oxygen atoms in total. The lowest BCUT2D eigenvalue weighted by Crippen LogP contribution is -2.30. The highest BCUT2D eigenvalue weighted by Crippen LogP contribution is 2.22. The molecule has 0 aliphatic carbocycles. The van der Waals surface area contributed by atoms with Gasteiger partial charge in [0.05, 0.1) is 26.2 Å². The van der Waals surface area contributed by atoms with Crippen LogP contribution >= 0.6 is 0 Å². The minimum Gasteiger partial charge on any atom is -0.496 e. The Morgan fingerprint density at radius 3 is 2.58 bits per heavy atom. The van der Waals surface area contributed by atoms with Gasteiger partial charge in [-0.1, -0.05) is 18.2 Å². The van der Waals surface area contributed by atoms with Crippen LogP contribution in [0.1, 0.15) is 18.9 Å². The Morgan fingerprint density at radius 2 is 1.92 bits per heavy atom. The number of nitriles is 1. The monoisotopic (exact) mass is 350 g/mol. The van der Waals surface area contributed by atoms with Gasteiger partial charge in [0.1, 0.15) is 11.5 Å². The number of para-hydroxylation sites is 1. The largest absolute Gasteiger partial charge is 0.496 e. The highest BCUT2D eigenvalue weighted by molar-refractivity contribution is 6.04. The van der Waals surface area contributed by atoms with Crippen molar-refractivity contribution in [3.8, 4) is 17.6 Å². The Bertz CT molecular complexity index is 792. The van der Waals surface area contributed by atoms with Crippen LogP contribution in [0.4, 0.5) is 5.69 Å². The second kappa shape index (κ2) is 9.90. The van der Waals surface area contributed by atoms with Crippen molar-refractivity contribution < 1.29 is 14.3 Å². The SMILES string of the molecule is CCOc1ccc(N(CCC#N)C(=O)/C=C/c2ccccc2OC)cc1. The van der Waals surface area contributed by atoms with Crippen molar-refractivity contribution in [1.82, 2.24) is 0 Å². The standard InChI is InChI=1S/C21H22N2O3/c1-3-26-19-12-10-18(11-13-19)23(16-6-15-22)21(24)14-9-17-7-4-5-8-20(17)25-2/h4-5,7-14H,3,6,16H2,1-2H3/b14-9+. The van der Waals surface area contributed by atoms with Gasteiger partial charge in [0.2, 0.25) is 0 Å². The van der Waals surface area contributed by atoms with Gasteiger partial charge in [0.25, 0.3) is 5.91 Å². The zero-order chi connectivity index (χ0) is 18.8. The minimum atomic E-state index is -0.199. The molecule has 0 N–H and O–H groups in total. The molecule has 0 fully saturated rings. The molecule has 2 aromatic rings. The normalized spacial score (nSPS) is 10.3. The fraction of sp³-hybridized carbons (Fsp3) is 0.238. The Labute approximate surface area is 154 Å². The molecule has 0 heterocycles. The number of nitrogens with zero attached hydrogens (tertiary/aromatic N) is 2. The first kappa shape index (κ1) is 19.1. The van der Waals surface area contributed by atoms with Crippen LogP contribution in [0.2, 0.25) is 0 Å². The van der Waals surface area contributed by atoms with Crippen molar-refractivity contribution in [3.05, 3.63) is 60.2 Å². The first-order valence-electron chi connectivity index (χ1n) is 8.42. The summed E-state index contributed by atoms with van der Waals surface area (Å²) in [6, 6.07) is 16.8. The van der Waals surface area contributed by atoms with Crippen LogP contribution in [0.5, 0.6) is 11.5 Å². The van der Waals surface area contributed by atoms with Gasteiger partial charge in [-0.05, 0) is 43.3 Å². The maximum Gasteiger partial charge on any atom is 0.251 e. The number of carbonyl (C=O) groups is 1. The lowest BCUT2D eigenvalue weighted by Gasteiger charge is -2.20. The van der Waals surface area contributed by atoms with E-state index in [1.807, 2.05) is 55.5 Å². The molecule has 0 saturated carbocycles. The maximum absolute atomic E-state index is 12.7. The number of benzene rings is 2. The van der Waals surface area contributed by atoms with Crippen LogP contribution in [0.3, 0.4) is 0 Å². The van der Waals surface area contributed by atoms with Gasteiger partial charge in [0, 0.05) is 23.9 Å². The predicted octanol–water partition coefficient (Wildman–Crippen LogP) is 4.05. The highest BCUT2D eigenvalue weighted by atomic mass is 16.5. The number of ether oxygens (including phenoxy) is 2. The number of rotatable bonds is 8. The van der Waals surface area contributed by atoms with E-state index in [-0.39, 0.29) is 12.3 Å². The second-order valence-corrected chi connectivity index (χ2v) is 5.40. The molecule has 0 aromatic heterocycles. The summed E-state index contributed by atoms with van der Waals surface area (Å²) < 4.78 is 10.7. The summed E-state index contributed by atoms with van der Waals surface area (Å²) >= 11 is 0. The average molecular weight is 350 g/mol. The fourth-order valence-corrected chi connectivity index (χ4v) is 2.47. The van der Waals surface area contributed by atoms with E-state index in [1.54, 1.807) is 18.1 Å². The molecule has 26 heavy (non-hydrogen) atoms. The topological polar surface area (TPSA) is 62.6 Å². The van der Waals surface area contributed by atoms with E-state index < -0.39 is 0 Å². The van der Waals surface area contributed by atoms with Crippen molar-refractivity contribution in [2.24, 2.45) is 0 Å². The Morgan fingerprint density at radius 1 is 1.19 bits per heavy atom. The third-order valence-corrected chi connectivity index (χ3v) is 3.72. The Balaban J connectivity index is 2.21. The summed E-state index contributed by atoms with van der Waals surface area (Å²) in [5.74, 6) is 1.24. The molecule has 0 atom stereocenters. The van der Waals surface area contributed by atoms with E-state index >= 15 is 0 Å². The van der Waals surface area contributed by atoms with E-state index in [2.05, 4.69) is 6.07 Å². The zero-order valence-electron chi connectivity index (χ0n) is 15.0. The van der Waals surface area contributed by atoms with Gasteiger partial charge in [0.15, 0.2) is 0 Å². The average Bonchev–Trinajstić information content (AvgIpc) is 2.68. The number of anilines is 1. The molecule has 134 valence electrons. The van der Waals surface area contributed by atoms with Crippen LogP contribution in [-0.2, 0) is 4.79 Å². The minimum absolute atomic E-state index is 0.199. The second-order valence-electron chi connectivity index (χ2n) is 5.40. The summed E-state index contributed by atoms with van der Waals surface area (Å²) in [6.07, 6.45) is 3.46. The zero-order valence-corrected chi connectivity index (χ0v) is 15.0. The van der Waals surface area contributed by atoms with E-state index in [4.69, 9.17) is 14.7 Å². The van der Waals surface area contributed by atoms with Gasteiger partial charge in [-0.3, -0.25) is 4.79 Å². The lowest BCUT2D eigenvalue weighted by molar-refractivity contribution is -0.114. The predicted molar refractivity (Wildman–Crippen MR) is 102 cm³/mol. The maximum atomic E-state index is 12.7. The van der Waals surface area contributed by atoms with Crippen LogP contribution < -0.4 is 14.4 Å². The highest BCUT2D eigenvalue weighted by Gasteiger charge is 2.13. The molecule has 0 saturated heterocycles.